The lowest BCUT2D eigenvalue weighted by atomic mass is 10.2. The first kappa shape index (κ1) is 17.6. The Kier molecular flexibility index (Phi) is 4.65. The monoisotopic (exact) mass is 424 g/mol. The van der Waals surface area contributed by atoms with E-state index in [0.29, 0.717) is 6.42 Å². The van der Waals surface area contributed by atoms with E-state index >= 15 is 0 Å². The van der Waals surface area contributed by atoms with Crippen LogP contribution in [0.5, 0.6) is 0 Å². The predicted octanol–water partition coefficient (Wildman–Crippen LogP) is 2.33. The molecule has 25 heavy (non-hydrogen) atoms. The number of benzene rings is 1. The number of H-pyrrole nitrogens is 1. The van der Waals surface area contributed by atoms with Gasteiger partial charge in [0.15, 0.2) is 11.5 Å². The third-order valence-electron chi connectivity index (χ3n) is 3.67. The highest BCUT2D eigenvalue weighted by Crippen LogP contribution is 2.19. The van der Waals surface area contributed by atoms with Crippen LogP contribution in [-0.4, -0.2) is 29.5 Å². The maximum atomic E-state index is 12.5. The summed E-state index contributed by atoms with van der Waals surface area (Å²) in [4.78, 5) is 23.1. The molecule has 10 heteroatoms. The highest BCUT2D eigenvalue weighted by atomic mass is 79.9. The van der Waals surface area contributed by atoms with E-state index in [1.54, 1.807) is 0 Å². The maximum absolute atomic E-state index is 12.5. The Morgan fingerprint density at radius 2 is 2.00 bits per heavy atom. The molecule has 2 heterocycles. The molecule has 0 bridgehead atoms. The Morgan fingerprint density at radius 1 is 1.32 bits per heavy atom. The number of nitrogen functional groups attached to an aromatic ring is 1. The summed E-state index contributed by atoms with van der Waals surface area (Å²) in [6.45, 7) is 2.10. The summed E-state index contributed by atoms with van der Waals surface area (Å²) in [5.41, 5.74) is 6.95. The summed E-state index contributed by atoms with van der Waals surface area (Å²) in [5, 5.41) is -0.136. The highest BCUT2D eigenvalue weighted by Gasteiger charge is 2.19. The van der Waals surface area contributed by atoms with Crippen LogP contribution in [0.4, 0.5) is 5.82 Å². The van der Waals surface area contributed by atoms with Crippen molar-refractivity contribution in [2.24, 2.45) is 0 Å². The number of aromatic amines is 1. The standard InChI is InChI=1S/C15H17BrN6O2S/c1-2-7-25(18,24)14-20-12(17)11-13(21-14)22(15(23)19-11)8-9-3-5-10(16)6-4-9/h3-6,18H,2,7-8H2,1H3,(H,19,23)(H2,17,20,21). The van der Waals surface area contributed by atoms with Crippen molar-refractivity contribution in [3.63, 3.8) is 0 Å². The van der Waals surface area contributed by atoms with Gasteiger partial charge in [-0.25, -0.2) is 18.8 Å². The van der Waals surface area contributed by atoms with Crippen LogP contribution in [0.15, 0.2) is 38.7 Å². The van der Waals surface area contributed by atoms with E-state index in [-0.39, 0.29) is 40.1 Å². The molecule has 0 aliphatic heterocycles. The quantitative estimate of drug-likeness (QED) is 0.540. The molecule has 0 amide bonds. The fourth-order valence-electron chi connectivity index (χ4n) is 2.48. The lowest BCUT2D eigenvalue weighted by Gasteiger charge is -2.08. The normalized spacial score (nSPS) is 13.8. The van der Waals surface area contributed by atoms with Gasteiger partial charge in [0.2, 0.25) is 5.16 Å². The van der Waals surface area contributed by atoms with Gasteiger partial charge in [0.25, 0.3) is 0 Å². The lowest BCUT2D eigenvalue weighted by Crippen LogP contribution is -2.18. The minimum Gasteiger partial charge on any atom is -0.382 e. The molecule has 0 saturated carbocycles. The van der Waals surface area contributed by atoms with Crippen molar-refractivity contribution in [1.82, 2.24) is 19.5 Å². The van der Waals surface area contributed by atoms with Gasteiger partial charge in [-0.2, -0.15) is 4.98 Å². The van der Waals surface area contributed by atoms with Crippen LogP contribution < -0.4 is 11.4 Å². The van der Waals surface area contributed by atoms with Gasteiger partial charge >= 0.3 is 5.69 Å². The first-order valence-corrected chi connectivity index (χ1v) is 10.1. The predicted molar refractivity (Wildman–Crippen MR) is 100 cm³/mol. The minimum atomic E-state index is -3.15. The van der Waals surface area contributed by atoms with Crippen LogP contribution >= 0.6 is 15.9 Å². The third-order valence-corrected chi connectivity index (χ3v) is 5.95. The summed E-state index contributed by atoms with van der Waals surface area (Å²) in [7, 11) is -3.15. The molecule has 1 atom stereocenters. The van der Waals surface area contributed by atoms with Crippen LogP contribution in [-0.2, 0) is 16.3 Å². The first-order chi connectivity index (χ1) is 11.8. The summed E-state index contributed by atoms with van der Waals surface area (Å²) >= 11 is 3.37. The number of hydrogen-bond acceptors (Lipinski definition) is 6. The molecule has 0 saturated heterocycles. The van der Waals surface area contributed by atoms with Gasteiger partial charge in [0, 0.05) is 10.2 Å². The van der Waals surface area contributed by atoms with Gasteiger partial charge in [0.05, 0.1) is 6.54 Å². The number of halogens is 1. The minimum absolute atomic E-state index is 0.0164. The van der Waals surface area contributed by atoms with Crippen LogP contribution in [0.2, 0.25) is 0 Å². The molecule has 0 aliphatic carbocycles. The summed E-state index contributed by atoms with van der Waals surface area (Å²) in [6.07, 6.45) is 0.558. The van der Waals surface area contributed by atoms with Crippen molar-refractivity contribution >= 4 is 42.6 Å². The van der Waals surface area contributed by atoms with E-state index in [0.717, 1.165) is 10.0 Å². The molecule has 132 valence electrons. The Bertz CT molecular complexity index is 1090. The fourth-order valence-corrected chi connectivity index (χ4v) is 3.98. The van der Waals surface area contributed by atoms with Crippen LogP contribution in [0.1, 0.15) is 18.9 Å². The Hall–Kier alpha value is -2.20. The van der Waals surface area contributed by atoms with Crippen molar-refractivity contribution in [3.8, 4) is 0 Å². The number of rotatable bonds is 5. The molecule has 3 rings (SSSR count). The molecule has 0 radical (unpaired) electrons. The number of nitrogens with one attached hydrogen (secondary N) is 2. The second-order valence-electron chi connectivity index (χ2n) is 5.61. The van der Waals surface area contributed by atoms with E-state index in [4.69, 9.17) is 10.5 Å². The Labute approximate surface area is 152 Å². The Balaban J connectivity index is 2.15. The number of nitrogens with two attached hydrogens (primary N) is 1. The zero-order chi connectivity index (χ0) is 18.2. The van der Waals surface area contributed by atoms with Crippen molar-refractivity contribution in [3.05, 3.63) is 44.8 Å². The number of anilines is 1. The van der Waals surface area contributed by atoms with Crippen molar-refractivity contribution in [2.45, 2.75) is 25.0 Å². The molecule has 0 spiro atoms. The lowest BCUT2D eigenvalue weighted by molar-refractivity contribution is 0.665. The first-order valence-electron chi connectivity index (χ1n) is 7.59. The van der Waals surface area contributed by atoms with Gasteiger partial charge in [-0.05, 0) is 24.1 Å². The molecule has 0 fully saturated rings. The molecule has 2 aromatic heterocycles. The van der Waals surface area contributed by atoms with Gasteiger partial charge in [0.1, 0.15) is 15.2 Å². The molecule has 1 aromatic carbocycles. The topological polar surface area (TPSA) is 131 Å². The van der Waals surface area contributed by atoms with Gasteiger partial charge < -0.3 is 10.7 Å². The van der Waals surface area contributed by atoms with Crippen LogP contribution in [0, 0.1) is 4.78 Å². The van der Waals surface area contributed by atoms with Gasteiger partial charge in [-0.3, -0.25) is 4.57 Å². The van der Waals surface area contributed by atoms with E-state index in [1.807, 2.05) is 31.2 Å². The van der Waals surface area contributed by atoms with Gasteiger partial charge in [-0.1, -0.05) is 35.0 Å². The van der Waals surface area contributed by atoms with E-state index in [2.05, 4.69) is 30.9 Å². The molecule has 3 aromatic rings. The van der Waals surface area contributed by atoms with Crippen LogP contribution in [0.3, 0.4) is 0 Å². The summed E-state index contributed by atoms with van der Waals surface area (Å²) < 4.78 is 22.8. The van der Waals surface area contributed by atoms with E-state index in [1.165, 1.54) is 4.57 Å². The van der Waals surface area contributed by atoms with E-state index < -0.39 is 9.73 Å². The summed E-state index contributed by atoms with van der Waals surface area (Å²) in [5.74, 6) is 0.155. The molecular weight excluding hydrogens is 408 g/mol. The smallest absolute Gasteiger partial charge is 0.328 e. The molecule has 8 nitrogen and oxygen atoms in total. The number of imidazole rings is 1. The number of nitrogens with zero attached hydrogens (tertiary/aromatic N) is 3. The fraction of sp³-hybridized carbons (Fsp3) is 0.267. The zero-order valence-corrected chi connectivity index (χ0v) is 15.9. The molecular formula is C15H17BrN6O2S. The van der Waals surface area contributed by atoms with Crippen molar-refractivity contribution in [2.75, 3.05) is 11.5 Å². The van der Waals surface area contributed by atoms with Gasteiger partial charge in [-0.15, -0.1) is 0 Å². The average molecular weight is 425 g/mol. The van der Waals surface area contributed by atoms with Crippen molar-refractivity contribution in [1.29, 1.82) is 4.78 Å². The second-order valence-corrected chi connectivity index (χ2v) is 8.65. The SMILES string of the molecule is CCCS(=N)(=O)c1nc(N)c2[nH]c(=O)n(Cc3ccc(Br)cc3)c2n1. The number of fused-ring (bicyclic) bond motifs is 1. The van der Waals surface area contributed by atoms with Crippen molar-refractivity contribution < 1.29 is 4.21 Å². The number of hydrogen-bond donors (Lipinski definition) is 3. The summed E-state index contributed by atoms with van der Waals surface area (Å²) in [6, 6.07) is 7.51. The zero-order valence-electron chi connectivity index (χ0n) is 13.5. The third kappa shape index (κ3) is 3.45. The second kappa shape index (κ2) is 6.60. The number of aromatic nitrogens is 4. The Morgan fingerprint density at radius 3 is 2.64 bits per heavy atom. The molecule has 4 N–H and O–H groups in total. The molecule has 1 unspecified atom stereocenters. The average Bonchev–Trinajstić information content (AvgIpc) is 2.86. The van der Waals surface area contributed by atoms with Crippen LogP contribution in [0.25, 0.3) is 11.2 Å². The highest BCUT2D eigenvalue weighted by molar-refractivity contribution is 9.10. The maximum Gasteiger partial charge on any atom is 0.328 e. The molecule has 0 aliphatic rings. The largest absolute Gasteiger partial charge is 0.382 e. The van der Waals surface area contributed by atoms with E-state index in [9.17, 15) is 9.00 Å².